The zero-order valence-corrected chi connectivity index (χ0v) is 22.5. The lowest BCUT2D eigenvalue weighted by molar-refractivity contribution is -0.139. The Labute approximate surface area is 215 Å². The van der Waals surface area contributed by atoms with E-state index in [4.69, 9.17) is 5.11 Å². The number of nitrogens with zero attached hydrogens (tertiary/aromatic N) is 2. The van der Waals surface area contributed by atoms with Crippen molar-refractivity contribution in [3.8, 4) is 0 Å². The molecule has 2 rings (SSSR count). The Bertz CT molecular complexity index is 1390. The second kappa shape index (κ2) is 13.0. The van der Waals surface area contributed by atoms with E-state index in [1.807, 2.05) is 0 Å². The molecule has 0 amide bonds. The van der Waals surface area contributed by atoms with E-state index in [0.717, 1.165) is 21.1 Å². The number of hydrogen-bond acceptors (Lipinski definition) is 9. The Balaban J connectivity index is 0.000000371. The molecule has 0 radical (unpaired) electrons. The lowest BCUT2D eigenvalue weighted by Gasteiger charge is -2.21. The summed E-state index contributed by atoms with van der Waals surface area (Å²) in [7, 11) is -6.18. The summed E-state index contributed by atoms with van der Waals surface area (Å²) in [4.78, 5) is 44.4. The van der Waals surface area contributed by atoms with Crippen LogP contribution < -0.4 is 8.61 Å². The molecular formula is C23H28N2O10S2. The van der Waals surface area contributed by atoms with E-state index in [2.05, 4.69) is 4.74 Å². The van der Waals surface area contributed by atoms with Crippen LogP contribution in [0.2, 0.25) is 0 Å². The summed E-state index contributed by atoms with van der Waals surface area (Å²) in [6.45, 7) is 1.61. The van der Waals surface area contributed by atoms with Gasteiger partial charge in [-0.05, 0) is 38.1 Å². The maximum absolute atomic E-state index is 11.7. The predicted octanol–water partition coefficient (Wildman–Crippen LogP) is 1.57. The molecular weight excluding hydrogens is 528 g/mol. The number of methoxy groups -OCH3 is 1. The number of ether oxygens (including phenoxy) is 1. The Kier molecular flexibility index (Phi) is 10.9. The van der Waals surface area contributed by atoms with Crippen molar-refractivity contribution in [3.05, 3.63) is 59.7 Å². The topological polar surface area (TPSA) is 172 Å². The number of carboxylic acids is 1. The molecule has 12 nitrogen and oxygen atoms in total. The third kappa shape index (κ3) is 10.0. The number of aliphatic carboxylic acids is 1. The first-order chi connectivity index (χ1) is 17.0. The fraction of sp³-hybridized carbons (Fsp3) is 0.304. The summed E-state index contributed by atoms with van der Waals surface area (Å²) in [5.74, 6) is -2.36. The molecule has 2 aromatic rings. The normalized spacial score (nSPS) is 10.9. The molecule has 0 spiro atoms. The molecule has 0 atom stereocenters. The van der Waals surface area contributed by atoms with Gasteiger partial charge in [-0.1, -0.05) is 24.3 Å². The minimum atomic E-state index is -3.71. The average Bonchev–Trinajstić information content (AvgIpc) is 2.79. The summed E-state index contributed by atoms with van der Waals surface area (Å²) in [5.41, 5.74) is 1.11. The maximum atomic E-state index is 11.7. The predicted molar refractivity (Wildman–Crippen MR) is 137 cm³/mol. The third-order valence-electron chi connectivity index (χ3n) is 4.66. The number of hydrogen-bond donors (Lipinski definition) is 1. The molecule has 1 N–H and O–H groups in total. The Morgan fingerprint density at radius 1 is 0.757 bits per heavy atom. The van der Waals surface area contributed by atoms with E-state index >= 15 is 0 Å². The monoisotopic (exact) mass is 556 g/mol. The van der Waals surface area contributed by atoms with Crippen LogP contribution in [-0.2, 0) is 34.4 Å². The molecule has 0 saturated heterocycles. The van der Waals surface area contributed by atoms with Crippen LogP contribution in [0.3, 0.4) is 0 Å². The first-order valence-electron chi connectivity index (χ1n) is 10.4. The van der Waals surface area contributed by atoms with Crippen molar-refractivity contribution in [2.75, 3.05) is 41.3 Å². The van der Waals surface area contributed by atoms with E-state index < -0.39 is 45.1 Å². The van der Waals surface area contributed by atoms with E-state index in [1.54, 1.807) is 12.1 Å². The number of Topliss-reactive ketones (excluding diaryl/α,β-unsaturated/α-hetero) is 2. The van der Waals surface area contributed by atoms with Gasteiger partial charge in [-0.15, -0.1) is 0 Å². The molecule has 2 aromatic carbocycles. The largest absolute Gasteiger partial charge is 0.480 e. The molecule has 0 saturated carbocycles. The highest BCUT2D eigenvalue weighted by Gasteiger charge is 2.22. The molecule has 0 aliphatic heterocycles. The van der Waals surface area contributed by atoms with Crippen molar-refractivity contribution in [2.24, 2.45) is 0 Å². The Morgan fingerprint density at radius 3 is 1.43 bits per heavy atom. The maximum Gasteiger partial charge on any atom is 0.326 e. The van der Waals surface area contributed by atoms with Gasteiger partial charge in [-0.3, -0.25) is 27.8 Å². The summed E-state index contributed by atoms with van der Waals surface area (Å²) in [6, 6.07) is 11.9. The second-order valence-electron chi connectivity index (χ2n) is 7.72. The van der Waals surface area contributed by atoms with Gasteiger partial charge in [-0.25, -0.2) is 16.8 Å². The van der Waals surface area contributed by atoms with Crippen LogP contribution in [0.15, 0.2) is 48.5 Å². The van der Waals surface area contributed by atoms with Crippen molar-refractivity contribution in [1.82, 2.24) is 0 Å². The minimum absolute atomic E-state index is 0.160. The van der Waals surface area contributed by atoms with Gasteiger partial charge in [0.25, 0.3) is 0 Å². The zero-order valence-electron chi connectivity index (χ0n) is 20.9. The lowest BCUT2D eigenvalue weighted by atomic mass is 10.1. The van der Waals surface area contributed by atoms with Crippen LogP contribution in [0, 0.1) is 0 Å². The second-order valence-corrected chi connectivity index (χ2v) is 11.5. The fourth-order valence-corrected chi connectivity index (χ4v) is 4.54. The molecule has 0 bridgehead atoms. The van der Waals surface area contributed by atoms with Crippen molar-refractivity contribution < 1.29 is 45.9 Å². The van der Waals surface area contributed by atoms with Gasteiger partial charge in [0, 0.05) is 11.1 Å². The number of rotatable bonds is 10. The molecule has 0 unspecified atom stereocenters. The average molecular weight is 557 g/mol. The van der Waals surface area contributed by atoms with Gasteiger partial charge in [0.2, 0.25) is 20.0 Å². The van der Waals surface area contributed by atoms with E-state index in [9.17, 15) is 36.0 Å². The number of sulfonamides is 2. The molecule has 0 heterocycles. The molecule has 37 heavy (non-hydrogen) atoms. The van der Waals surface area contributed by atoms with E-state index in [0.29, 0.717) is 11.1 Å². The number of carbonyl (C=O) groups is 4. The van der Waals surface area contributed by atoms with Crippen LogP contribution >= 0.6 is 0 Å². The van der Waals surface area contributed by atoms with Gasteiger partial charge in [-0.2, -0.15) is 0 Å². The summed E-state index contributed by atoms with van der Waals surface area (Å²) in [6.07, 6.45) is 1.90. The van der Waals surface area contributed by atoms with Gasteiger partial charge in [0.15, 0.2) is 11.6 Å². The minimum Gasteiger partial charge on any atom is -0.480 e. The highest BCUT2D eigenvalue weighted by Crippen LogP contribution is 2.20. The fourth-order valence-electron chi connectivity index (χ4n) is 2.86. The number of ketones is 2. The number of benzene rings is 2. The molecule has 0 aliphatic carbocycles. The van der Waals surface area contributed by atoms with Crippen LogP contribution in [0.25, 0.3) is 0 Å². The van der Waals surface area contributed by atoms with E-state index in [1.165, 1.54) is 57.4 Å². The highest BCUT2D eigenvalue weighted by molar-refractivity contribution is 7.92. The van der Waals surface area contributed by atoms with Crippen molar-refractivity contribution in [3.63, 3.8) is 0 Å². The summed E-state index contributed by atoms with van der Waals surface area (Å²) in [5, 5.41) is 8.71. The first-order valence-corrected chi connectivity index (χ1v) is 14.1. The van der Waals surface area contributed by atoms with Crippen LogP contribution in [0.1, 0.15) is 34.6 Å². The standard InChI is InChI=1S/C12H15NO5S.C11H13NO5S/c1-9(14)10-5-4-6-11(7-10)13(19(3,16)17)8-12(15)18-2;1-8(13)9-4-3-5-10(6-9)12(7-11(14)15)18(2,16)17/h4-7H,8H2,1-3H3;3-6H,7H2,1-2H3,(H,14,15). The molecule has 0 fully saturated rings. The third-order valence-corrected chi connectivity index (χ3v) is 6.94. The Morgan fingerprint density at radius 2 is 1.14 bits per heavy atom. The van der Waals surface area contributed by atoms with Crippen LogP contribution in [-0.4, -0.2) is 78.2 Å². The SMILES string of the molecule is CC(=O)c1cccc(N(CC(=O)O)S(C)(=O)=O)c1.COC(=O)CN(c1cccc(C(C)=O)c1)S(C)(=O)=O. The summed E-state index contributed by atoms with van der Waals surface area (Å²) >= 11 is 0. The van der Waals surface area contributed by atoms with Crippen molar-refractivity contribution in [1.29, 1.82) is 0 Å². The number of carbonyl (C=O) groups excluding carboxylic acids is 3. The van der Waals surface area contributed by atoms with Gasteiger partial charge in [0.1, 0.15) is 13.1 Å². The van der Waals surface area contributed by atoms with Crippen LogP contribution in [0.5, 0.6) is 0 Å². The van der Waals surface area contributed by atoms with Gasteiger partial charge in [0.05, 0.1) is 31.0 Å². The van der Waals surface area contributed by atoms with E-state index in [-0.39, 0.29) is 22.9 Å². The van der Waals surface area contributed by atoms with Crippen molar-refractivity contribution >= 4 is 54.9 Å². The summed E-state index contributed by atoms with van der Waals surface area (Å²) < 4.78 is 52.5. The number of esters is 1. The molecule has 14 heteroatoms. The van der Waals surface area contributed by atoms with Gasteiger partial charge >= 0.3 is 11.9 Å². The van der Waals surface area contributed by atoms with Crippen molar-refractivity contribution in [2.45, 2.75) is 13.8 Å². The van der Waals surface area contributed by atoms with Crippen LogP contribution in [0.4, 0.5) is 11.4 Å². The smallest absolute Gasteiger partial charge is 0.326 e. The Hall–Kier alpha value is -3.78. The molecule has 0 aromatic heterocycles. The first kappa shape index (κ1) is 31.3. The number of carboxylic acid groups (broad SMARTS) is 1. The lowest BCUT2D eigenvalue weighted by Crippen LogP contribution is -2.35. The number of anilines is 2. The zero-order chi connectivity index (χ0) is 28.6. The molecule has 202 valence electrons. The quantitative estimate of drug-likeness (QED) is 0.334. The molecule has 0 aliphatic rings. The van der Waals surface area contributed by atoms with Gasteiger partial charge < -0.3 is 9.84 Å². The highest BCUT2D eigenvalue weighted by atomic mass is 32.2.